The fourth-order valence-electron chi connectivity index (χ4n) is 1.78. The van der Waals surface area contributed by atoms with Crippen LogP contribution in [0.5, 0.6) is 0 Å². The van der Waals surface area contributed by atoms with E-state index in [9.17, 15) is 0 Å². The van der Waals surface area contributed by atoms with Crippen molar-refractivity contribution in [3.05, 3.63) is 41.5 Å². The lowest BCUT2D eigenvalue weighted by molar-refractivity contribution is 0.630. The highest BCUT2D eigenvalue weighted by Crippen LogP contribution is 2.13. The molecule has 1 aliphatic heterocycles. The van der Waals surface area contributed by atoms with Crippen molar-refractivity contribution in [3.8, 4) is 0 Å². The molecule has 5 nitrogen and oxygen atoms in total. The Morgan fingerprint density at radius 2 is 2.31 bits per heavy atom. The molecule has 0 saturated carbocycles. The van der Waals surface area contributed by atoms with Gasteiger partial charge in [-0.2, -0.15) is 15.3 Å². The first-order chi connectivity index (χ1) is 7.42. The summed E-state index contributed by atoms with van der Waals surface area (Å²) in [5.74, 6) is 0. The molecule has 6 heteroatoms. The van der Waals surface area contributed by atoms with E-state index >= 15 is 0 Å². The first-order valence-corrected chi connectivity index (χ1v) is 4.94. The monoisotopic (exact) mass is 237 g/mol. The largest absolute Gasteiger partial charge is 0.307 e. The topological polar surface area (TPSA) is 55.6 Å². The van der Waals surface area contributed by atoms with E-state index in [1.54, 1.807) is 6.20 Å². The maximum atomic E-state index is 4.47. The highest BCUT2D eigenvalue weighted by molar-refractivity contribution is 5.85. The Morgan fingerprint density at radius 3 is 3.06 bits per heavy atom. The summed E-state index contributed by atoms with van der Waals surface area (Å²) < 4.78 is 1.93. The molecule has 0 radical (unpaired) electrons. The lowest BCUT2D eigenvalue weighted by atomic mass is 10.3. The summed E-state index contributed by atoms with van der Waals surface area (Å²) in [6.45, 7) is 2.50. The molecule has 2 aromatic heterocycles. The van der Waals surface area contributed by atoms with Crippen LogP contribution in [0.1, 0.15) is 17.0 Å². The Labute approximate surface area is 99.3 Å². The molecule has 0 fully saturated rings. The maximum Gasteiger partial charge on any atom is 0.0850 e. The second-order valence-corrected chi connectivity index (χ2v) is 3.62. The Bertz CT molecular complexity index is 446. The van der Waals surface area contributed by atoms with Crippen molar-refractivity contribution in [1.82, 2.24) is 25.3 Å². The first-order valence-electron chi connectivity index (χ1n) is 4.94. The van der Waals surface area contributed by atoms with E-state index in [-0.39, 0.29) is 12.4 Å². The van der Waals surface area contributed by atoms with Crippen molar-refractivity contribution in [3.63, 3.8) is 0 Å². The van der Waals surface area contributed by atoms with Crippen LogP contribution in [0.15, 0.2) is 24.5 Å². The highest BCUT2D eigenvalue weighted by Gasteiger charge is 2.14. The van der Waals surface area contributed by atoms with Crippen LogP contribution in [0.4, 0.5) is 0 Å². The van der Waals surface area contributed by atoms with Gasteiger partial charge in [-0.3, -0.25) is 4.68 Å². The van der Waals surface area contributed by atoms with Crippen molar-refractivity contribution < 1.29 is 0 Å². The van der Waals surface area contributed by atoms with Crippen LogP contribution in [0, 0.1) is 0 Å². The predicted octanol–water partition coefficient (Wildman–Crippen LogP) is 0.746. The van der Waals surface area contributed by atoms with E-state index in [0.29, 0.717) is 6.54 Å². The van der Waals surface area contributed by atoms with Gasteiger partial charge in [0.2, 0.25) is 0 Å². The summed E-state index contributed by atoms with van der Waals surface area (Å²) in [5.41, 5.74) is 3.38. The Kier molecular flexibility index (Phi) is 3.17. The lowest BCUT2D eigenvalue weighted by Gasteiger charge is -2.00. The summed E-state index contributed by atoms with van der Waals surface area (Å²) in [6.07, 6.45) is 3.75. The van der Waals surface area contributed by atoms with Crippen LogP contribution in [-0.2, 0) is 19.6 Å². The third-order valence-electron chi connectivity index (χ3n) is 2.48. The molecule has 2 aromatic rings. The number of nitrogens with zero attached hydrogens (tertiary/aromatic N) is 4. The van der Waals surface area contributed by atoms with E-state index in [4.69, 9.17) is 0 Å². The number of halogens is 1. The second kappa shape index (κ2) is 4.59. The Hall–Kier alpha value is -1.46. The number of hydrogen-bond acceptors (Lipinski definition) is 4. The predicted molar refractivity (Wildman–Crippen MR) is 61.2 cm³/mol. The average molecular weight is 238 g/mol. The SMILES string of the molecule is Cl.c1cnnc(Cn2cc3c(n2)CNC3)c1. The van der Waals surface area contributed by atoms with E-state index in [0.717, 1.165) is 24.5 Å². The highest BCUT2D eigenvalue weighted by atomic mass is 35.5. The standard InChI is InChI=1S/C10H11N5.ClH/c1-2-9(13-12-3-1)7-15-6-8-4-11-5-10(8)14-15;/h1-3,6,11H,4-5,7H2;1H. The fraction of sp³-hybridized carbons (Fsp3) is 0.300. The van der Waals surface area contributed by atoms with Gasteiger partial charge >= 0.3 is 0 Å². The molecule has 0 atom stereocenters. The number of rotatable bonds is 2. The van der Waals surface area contributed by atoms with Crippen LogP contribution in [0.2, 0.25) is 0 Å². The summed E-state index contributed by atoms with van der Waals surface area (Å²) in [6, 6.07) is 3.85. The summed E-state index contributed by atoms with van der Waals surface area (Å²) in [7, 11) is 0. The van der Waals surface area contributed by atoms with Crippen molar-refractivity contribution in [2.45, 2.75) is 19.6 Å². The number of fused-ring (bicyclic) bond motifs is 1. The van der Waals surface area contributed by atoms with E-state index in [1.807, 2.05) is 16.8 Å². The van der Waals surface area contributed by atoms with Crippen molar-refractivity contribution in [1.29, 1.82) is 0 Å². The number of nitrogens with one attached hydrogen (secondary N) is 1. The molecule has 3 rings (SSSR count). The molecule has 1 aliphatic rings. The normalized spacial score (nSPS) is 13.2. The minimum absolute atomic E-state index is 0. The molecule has 84 valence electrons. The molecule has 0 aliphatic carbocycles. The summed E-state index contributed by atoms with van der Waals surface area (Å²) in [4.78, 5) is 0. The third kappa shape index (κ3) is 2.05. The molecular weight excluding hydrogens is 226 g/mol. The molecule has 16 heavy (non-hydrogen) atoms. The second-order valence-electron chi connectivity index (χ2n) is 3.62. The maximum absolute atomic E-state index is 4.47. The zero-order valence-electron chi connectivity index (χ0n) is 8.63. The zero-order chi connectivity index (χ0) is 10.1. The Morgan fingerprint density at radius 1 is 1.38 bits per heavy atom. The van der Waals surface area contributed by atoms with E-state index < -0.39 is 0 Å². The van der Waals surface area contributed by atoms with Crippen molar-refractivity contribution in [2.24, 2.45) is 0 Å². The molecular formula is C10H12ClN5. The molecule has 3 heterocycles. The zero-order valence-corrected chi connectivity index (χ0v) is 9.44. The van der Waals surface area contributed by atoms with Gasteiger partial charge in [0.25, 0.3) is 0 Å². The van der Waals surface area contributed by atoms with Gasteiger partial charge in [0.05, 0.1) is 17.9 Å². The van der Waals surface area contributed by atoms with E-state index in [2.05, 4.69) is 26.8 Å². The molecule has 1 N–H and O–H groups in total. The van der Waals surface area contributed by atoms with Crippen molar-refractivity contribution in [2.75, 3.05) is 0 Å². The van der Waals surface area contributed by atoms with Gasteiger partial charge in [0.15, 0.2) is 0 Å². The average Bonchev–Trinajstić information content (AvgIpc) is 2.79. The smallest absolute Gasteiger partial charge is 0.0850 e. The molecule has 0 saturated heterocycles. The fourth-order valence-corrected chi connectivity index (χ4v) is 1.78. The van der Waals surface area contributed by atoms with Crippen molar-refractivity contribution >= 4 is 12.4 Å². The van der Waals surface area contributed by atoms with E-state index in [1.165, 1.54) is 5.56 Å². The number of aromatic nitrogens is 4. The summed E-state index contributed by atoms with van der Waals surface area (Å²) >= 11 is 0. The van der Waals surface area contributed by atoms with Gasteiger partial charge in [-0.25, -0.2) is 0 Å². The van der Waals surface area contributed by atoms with Gasteiger partial charge in [0.1, 0.15) is 0 Å². The van der Waals surface area contributed by atoms with Gasteiger partial charge in [-0.15, -0.1) is 12.4 Å². The van der Waals surface area contributed by atoms with Crippen LogP contribution < -0.4 is 5.32 Å². The van der Waals surface area contributed by atoms with Gasteiger partial charge in [0, 0.05) is 31.0 Å². The minimum Gasteiger partial charge on any atom is -0.307 e. The number of hydrogen-bond donors (Lipinski definition) is 1. The molecule has 0 aromatic carbocycles. The van der Waals surface area contributed by atoms with Crippen LogP contribution >= 0.6 is 12.4 Å². The molecule has 0 unspecified atom stereocenters. The van der Waals surface area contributed by atoms with Gasteiger partial charge in [-0.05, 0) is 12.1 Å². The molecule has 0 spiro atoms. The van der Waals surface area contributed by atoms with Gasteiger partial charge in [-0.1, -0.05) is 0 Å². The third-order valence-corrected chi connectivity index (χ3v) is 2.48. The van der Waals surface area contributed by atoms with Crippen LogP contribution in [0.25, 0.3) is 0 Å². The van der Waals surface area contributed by atoms with Gasteiger partial charge < -0.3 is 5.32 Å². The van der Waals surface area contributed by atoms with Crippen LogP contribution in [0.3, 0.4) is 0 Å². The minimum atomic E-state index is 0. The first kappa shape index (κ1) is 11.0. The quantitative estimate of drug-likeness (QED) is 0.838. The molecule has 0 amide bonds. The molecule has 0 bridgehead atoms. The lowest BCUT2D eigenvalue weighted by Crippen LogP contribution is -2.07. The summed E-state index contributed by atoms with van der Waals surface area (Å²) in [5, 5.41) is 15.6. The Balaban J connectivity index is 0.000000963. The van der Waals surface area contributed by atoms with Crippen LogP contribution in [-0.4, -0.2) is 20.0 Å².